The van der Waals surface area contributed by atoms with E-state index in [0.29, 0.717) is 23.4 Å². The van der Waals surface area contributed by atoms with E-state index >= 15 is 0 Å². The maximum atomic E-state index is 13.5. The number of oxazole rings is 1. The Hall–Kier alpha value is -6.20. The van der Waals surface area contributed by atoms with Crippen molar-refractivity contribution in [3.8, 4) is 0 Å². The van der Waals surface area contributed by atoms with Gasteiger partial charge in [-0.15, -0.1) is 0 Å². The van der Waals surface area contributed by atoms with E-state index in [0.717, 1.165) is 23.8 Å². The van der Waals surface area contributed by atoms with Crippen LogP contribution in [0.15, 0.2) is 126 Å². The van der Waals surface area contributed by atoms with Crippen LogP contribution in [0.1, 0.15) is 49.7 Å². The quantitative estimate of drug-likeness (QED) is 0.0553. The van der Waals surface area contributed by atoms with Gasteiger partial charge in [-0.3, -0.25) is 19.6 Å². The first-order chi connectivity index (χ1) is 29.1. The minimum atomic E-state index is -2.26. The van der Waals surface area contributed by atoms with Crippen molar-refractivity contribution in [3.05, 3.63) is 138 Å². The predicted molar refractivity (Wildman–Crippen MR) is 224 cm³/mol. The lowest BCUT2D eigenvalue weighted by Crippen LogP contribution is -2.64. The number of allylic oxidation sites excluding steroid dienone is 11. The van der Waals surface area contributed by atoms with Crippen molar-refractivity contribution in [2.45, 2.75) is 65.0 Å². The molecule has 2 heterocycles. The van der Waals surface area contributed by atoms with Gasteiger partial charge in [0.2, 0.25) is 5.91 Å². The molecule has 3 amide bonds. The van der Waals surface area contributed by atoms with Gasteiger partial charge in [0, 0.05) is 40.1 Å². The highest BCUT2D eigenvalue weighted by Crippen LogP contribution is 2.31. The maximum absolute atomic E-state index is 13.5. The first-order valence-electron chi connectivity index (χ1n) is 19.4. The fraction of sp³-hybridized carbons (Fsp3) is 0.378. The van der Waals surface area contributed by atoms with Gasteiger partial charge in [-0.2, -0.15) is 5.06 Å². The number of likely N-dealkylation sites (N-methyl/N-ethyl adjacent to an activating group) is 1. The van der Waals surface area contributed by atoms with Gasteiger partial charge >= 0.3 is 11.9 Å². The number of methoxy groups -OCH3 is 2. The lowest BCUT2D eigenvalue weighted by molar-refractivity contribution is -0.246. The number of carbonyl (C=O) groups is 5. The van der Waals surface area contributed by atoms with Crippen LogP contribution in [0.25, 0.3) is 0 Å². The molecule has 1 saturated heterocycles. The smallest absolute Gasteiger partial charge is 0.338 e. The van der Waals surface area contributed by atoms with Gasteiger partial charge < -0.3 is 38.3 Å². The van der Waals surface area contributed by atoms with Gasteiger partial charge in [-0.05, 0) is 45.4 Å². The van der Waals surface area contributed by atoms with E-state index in [1.54, 1.807) is 114 Å². The zero-order valence-corrected chi connectivity index (χ0v) is 35.8. The fourth-order valence-corrected chi connectivity index (χ4v) is 5.98. The average molecular weight is 845 g/mol. The van der Waals surface area contributed by atoms with Crippen LogP contribution in [-0.4, -0.2) is 115 Å². The van der Waals surface area contributed by atoms with Crippen molar-refractivity contribution < 1.29 is 57.3 Å². The van der Waals surface area contributed by atoms with Gasteiger partial charge in [0.15, 0.2) is 18.7 Å². The second kappa shape index (κ2) is 24.2. The topological polar surface area (TPSA) is 196 Å². The molecule has 1 aliphatic rings. The Morgan fingerprint density at radius 1 is 0.984 bits per heavy atom. The summed E-state index contributed by atoms with van der Waals surface area (Å²) in [6.45, 7) is 7.86. The standard InChI is InChI=1S/C45H56N4O12/c1-32(23-17-13-14-20-26-36-29-47-34(3)60-36)39(61-40(51)35-24-18-16-19-25-35)44(4,5)42(53)46-28-22-15-11-9-10-12-21-27-37(50)49(55)45(30-58-31-59-45)43(54)48(6)38(33(2)56-7)41(52)57-8/h9-25,27,29,33,38-39,55H,26,28,30-31H2,1-8H3,(H,46,53). The zero-order valence-electron chi connectivity index (χ0n) is 35.8. The summed E-state index contributed by atoms with van der Waals surface area (Å²) in [7, 11) is 3.81. The molecular weight excluding hydrogens is 789 g/mol. The van der Waals surface area contributed by atoms with Crippen LogP contribution in [-0.2, 0) is 49.3 Å². The van der Waals surface area contributed by atoms with Gasteiger partial charge in [0.1, 0.15) is 18.5 Å². The van der Waals surface area contributed by atoms with E-state index in [1.807, 2.05) is 18.2 Å². The van der Waals surface area contributed by atoms with Gasteiger partial charge in [0.25, 0.3) is 17.5 Å². The highest BCUT2D eigenvalue weighted by atomic mass is 16.8. The second-order valence-electron chi connectivity index (χ2n) is 14.3. The van der Waals surface area contributed by atoms with Gasteiger partial charge in [-0.25, -0.2) is 14.6 Å². The number of esters is 2. The predicted octanol–water partition coefficient (Wildman–Crippen LogP) is 5.13. The summed E-state index contributed by atoms with van der Waals surface area (Å²) in [6, 6.07) is 7.35. The van der Waals surface area contributed by atoms with E-state index in [-0.39, 0.29) is 24.3 Å². The summed E-state index contributed by atoms with van der Waals surface area (Å²) >= 11 is 0. The van der Waals surface area contributed by atoms with Crippen LogP contribution in [0, 0.1) is 12.3 Å². The molecule has 1 aliphatic heterocycles. The van der Waals surface area contributed by atoms with Crippen LogP contribution >= 0.6 is 0 Å². The molecule has 16 nitrogen and oxygen atoms in total. The highest BCUT2D eigenvalue weighted by Gasteiger charge is 2.55. The molecule has 1 aromatic carbocycles. The van der Waals surface area contributed by atoms with Gasteiger partial charge in [0.05, 0.1) is 30.4 Å². The minimum Gasteiger partial charge on any atom is -0.467 e. The largest absolute Gasteiger partial charge is 0.467 e. The van der Waals surface area contributed by atoms with Crippen molar-refractivity contribution in [3.63, 3.8) is 0 Å². The summed E-state index contributed by atoms with van der Waals surface area (Å²) in [5.41, 5.74) is -2.39. The number of nitrogens with zero attached hydrogens (tertiary/aromatic N) is 3. The summed E-state index contributed by atoms with van der Waals surface area (Å²) in [4.78, 5) is 70.6. The lowest BCUT2D eigenvalue weighted by atomic mass is 9.81. The summed E-state index contributed by atoms with van der Waals surface area (Å²) in [5.74, 6) is -2.23. The molecule has 3 rings (SSSR count). The molecular formula is C45H56N4O12. The van der Waals surface area contributed by atoms with Gasteiger partial charge in [-0.1, -0.05) is 91.1 Å². The Morgan fingerprint density at radius 3 is 2.26 bits per heavy atom. The first-order valence-corrected chi connectivity index (χ1v) is 19.4. The minimum absolute atomic E-state index is 0.121. The number of amides is 3. The Balaban J connectivity index is 1.59. The molecule has 61 heavy (non-hydrogen) atoms. The molecule has 328 valence electrons. The number of hydrogen-bond donors (Lipinski definition) is 2. The van der Waals surface area contributed by atoms with E-state index in [4.69, 9.17) is 28.1 Å². The van der Waals surface area contributed by atoms with E-state index in [2.05, 4.69) is 10.3 Å². The van der Waals surface area contributed by atoms with Crippen LogP contribution in [0.5, 0.6) is 0 Å². The molecule has 1 aromatic heterocycles. The van der Waals surface area contributed by atoms with Crippen LogP contribution in [0.4, 0.5) is 0 Å². The SMILES string of the molecule is COC(=O)C(C(C)OC)N(C)C(=O)C1(N(O)C(=O)C=CC=CC=CC=CCNC(=O)C(C)(C)C(OC(=O)c2ccccc2)C(C)=CC=CC=CCc2cnc(C)o2)COCO1. The number of nitrogens with one attached hydrogen (secondary N) is 1. The van der Waals surface area contributed by atoms with E-state index < -0.39 is 59.7 Å². The molecule has 2 aromatic rings. The molecule has 0 bridgehead atoms. The maximum Gasteiger partial charge on any atom is 0.338 e. The zero-order chi connectivity index (χ0) is 45.0. The molecule has 0 spiro atoms. The molecule has 0 aliphatic carbocycles. The van der Waals surface area contributed by atoms with Crippen LogP contribution < -0.4 is 5.32 Å². The van der Waals surface area contributed by atoms with E-state index in [1.165, 1.54) is 26.3 Å². The third-order valence-electron chi connectivity index (χ3n) is 9.47. The fourth-order valence-electron chi connectivity index (χ4n) is 5.98. The monoisotopic (exact) mass is 844 g/mol. The van der Waals surface area contributed by atoms with Crippen molar-refractivity contribution in [2.75, 3.05) is 41.2 Å². The number of rotatable bonds is 21. The number of benzene rings is 1. The van der Waals surface area contributed by atoms with Crippen molar-refractivity contribution in [1.82, 2.24) is 20.3 Å². The molecule has 0 saturated carbocycles. The Bertz CT molecular complexity index is 2000. The van der Waals surface area contributed by atoms with Crippen molar-refractivity contribution >= 4 is 29.7 Å². The summed E-state index contributed by atoms with van der Waals surface area (Å²) in [6.07, 6.45) is 22.1. The van der Waals surface area contributed by atoms with Crippen molar-refractivity contribution in [1.29, 1.82) is 0 Å². The molecule has 16 heteroatoms. The number of carbonyl (C=O) groups excluding carboxylic acids is 5. The van der Waals surface area contributed by atoms with Crippen LogP contribution in [0.3, 0.4) is 0 Å². The Morgan fingerprint density at radius 2 is 1.64 bits per heavy atom. The number of aromatic nitrogens is 1. The molecule has 4 unspecified atom stereocenters. The normalized spacial score (nSPS) is 17.8. The number of hydroxylamine groups is 2. The summed E-state index contributed by atoms with van der Waals surface area (Å²) < 4.78 is 32.1. The molecule has 4 atom stereocenters. The van der Waals surface area contributed by atoms with E-state index in [9.17, 15) is 29.2 Å². The molecule has 1 fully saturated rings. The average Bonchev–Trinajstić information content (AvgIpc) is 3.93. The van der Waals surface area contributed by atoms with Crippen LogP contribution in [0.2, 0.25) is 0 Å². The van der Waals surface area contributed by atoms with Crippen molar-refractivity contribution in [2.24, 2.45) is 5.41 Å². The Labute approximate surface area is 356 Å². The summed E-state index contributed by atoms with van der Waals surface area (Å²) in [5, 5.41) is 13.8. The second-order valence-corrected chi connectivity index (χ2v) is 14.3. The number of aryl methyl sites for hydroxylation is 1. The lowest BCUT2D eigenvalue weighted by Gasteiger charge is -2.38. The molecule has 0 radical (unpaired) electrons. The third-order valence-corrected chi connectivity index (χ3v) is 9.47. The number of hydrogen-bond acceptors (Lipinski definition) is 13. The molecule has 2 N–H and O–H groups in total. The first kappa shape index (κ1) is 49.2. The highest BCUT2D eigenvalue weighted by molar-refractivity contribution is 5.96. The third kappa shape index (κ3) is 13.9. The number of ether oxygens (including phenoxy) is 5. The Kier molecular flexibility index (Phi) is 19.5.